The van der Waals surface area contributed by atoms with Crippen molar-refractivity contribution in [3.8, 4) is 0 Å². The number of hydrogen-bond donors (Lipinski definition) is 1. The van der Waals surface area contributed by atoms with E-state index in [-0.39, 0.29) is 0 Å². The van der Waals surface area contributed by atoms with Crippen LogP contribution in [-0.2, 0) is 0 Å². The van der Waals surface area contributed by atoms with Gasteiger partial charge in [0.05, 0.1) is 6.04 Å². The topological polar surface area (TPSA) is 25.2 Å². The zero-order chi connectivity index (χ0) is 10.7. The van der Waals surface area contributed by atoms with E-state index in [9.17, 15) is 0 Å². The Morgan fingerprint density at radius 1 is 1.47 bits per heavy atom. The molecule has 2 rings (SSSR count). The molecule has 0 aliphatic carbocycles. The van der Waals surface area contributed by atoms with Gasteiger partial charge in [-0.1, -0.05) is 0 Å². The average Bonchev–Trinajstić information content (AvgIpc) is 2.66. The summed E-state index contributed by atoms with van der Waals surface area (Å²) in [6.07, 6.45) is 2.55. The normalized spacial score (nSPS) is 20.4. The molecule has 0 bridgehead atoms. The Balaban J connectivity index is 1.88. The highest BCUT2D eigenvalue weighted by Crippen LogP contribution is 2.23. The van der Waals surface area contributed by atoms with Gasteiger partial charge < -0.3 is 9.73 Å². The molecule has 1 atom stereocenters. The van der Waals surface area contributed by atoms with Gasteiger partial charge in [0.1, 0.15) is 5.76 Å². The fraction of sp³-hybridized carbons (Fsp3) is 0.636. The zero-order valence-corrected chi connectivity index (χ0v) is 11.2. The van der Waals surface area contributed by atoms with Crippen LogP contribution in [0.15, 0.2) is 21.2 Å². The summed E-state index contributed by atoms with van der Waals surface area (Å²) >= 11 is 5.38. The first kappa shape index (κ1) is 11.6. The third-order valence-corrected chi connectivity index (χ3v) is 4.20. The van der Waals surface area contributed by atoms with Crippen LogP contribution in [0.1, 0.15) is 31.6 Å². The second kappa shape index (κ2) is 5.41. The van der Waals surface area contributed by atoms with Crippen LogP contribution in [0.25, 0.3) is 0 Å². The van der Waals surface area contributed by atoms with Crippen LogP contribution in [-0.4, -0.2) is 17.5 Å². The maximum absolute atomic E-state index is 5.54. The number of hydrogen-bond acceptors (Lipinski definition) is 3. The van der Waals surface area contributed by atoms with Crippen molar-refractivity contribution >= 4 is 27.7 Å². The van der Waals surface area contributed by atoms with Crippen LogP contribution in [0.2, 0.25) is 0 Å². The van der Waals surface area contributed by atoms with E-state index in [0.29, 0.717) is 12.1 Å². The van der Waals surface area contributed by atoms with Gasteiger partial charge in [0.2, 0.25) is 0 Å². The Morgan fingerprint density at radius 2 is 2.20 bits per heavy atom. The summed E-state index contributed by atoms with van der Waals surface area (Å²) in [5.74, 6) is 3.58. The van der Waals surface area contributed by atoms with Gasteiger partial charge in [0.15, 0.2) is 4.67 Å². The molecule has 2 nitrogen and oxygen atoms in total. The lowest BCUT2D eigenvalue weighted by Gasteiger charge is -2.25. The molecule has 1 unspecified atom stereocenters. The van der Waals surface area contributed by atoms with E-state index in [0.717, 1.165) is 10.4 Å². The molecule has 1 fully saturated rings. The van der Waals surface area contributed by atoms with Gasteiger partial charge in [-0.25, -0.2) is 0 Å². The van der Waals surface area contributed by atoms with Crippen LogP contribution < -0.4 is 5.32 Å². The maximum Gasteiger partial charge on any atom is 0.169 e. The minimum atomic E-state index is 0.310. The molecule has 0 saturated carbocycles. The minimum Gasteiger partial charge on any atom is -0.453 e. The second-order valence-corrected chi connectivity index (χ2v) is 5.92. The molecular formula is C11H16BrNOS. The molecule has 0 spiro atoms. The van der Waals surface area contributed by atoms with Gasteiger partial charge in [-0.15, -0.1) is 0 Å². The highest BCUT2D eigenvalue weighted by atomic mass is 79.9. The van der Waals surface area contributed by atoms with E-state index in [1.54, 1.807) is 0 Å². The minimum absolute atomic E-state index is 0.310. The quantitative estimate of drug-likeness (QED) is 0.921. The molecule has 0 aromatic carbocycles. The summed E-state index contributed by atoms with van der Waals surface area (Å²) in [5, 5.41) is 3.62. The molecule has 1 aromatic heterocycles. The van der Waals surface area contributed by atoms with Gasteiger partial charge in [-0.05, 0) is 59.3 Å². The lowest BCUT2D eigenvalue weighted by Crippen LogP contribution is -2.34. The van der Waals surface area contributed by atoms with Crippen molar-refractivity contribution in [2.75, 3.05) is 11.5 Å². The van der Waals surface area contributed by atoms with Crippen molar-refractivity contribution < 1.29 is 4.42 Å². The first-order valence-electron chi connectivity index (χ1n) is 5.35. The van der Waals surface area contributed by atoms with E-state index in [1.165, 1.54) is 24.3 Å². The number of nitrogens with one attached hydrogen (secondary N) is 1. The standard InChI is InChI=1S/C11H16BrNOS/c1-8(10-2-3-11(12)14-10)13-9-4-6-15-7-5-9/h2-3,8-9,13H,4-7H2,1H3. The zero-order valence-electron chi connectivity index (χ0n) is 8.83. The number of halogens is 1. The lowest BCUT2D eigenvalue weighted by molar-refractivity contribution is 0.369. The van der Waals surface area contributed by atoms with Crippen molar-refractivity contribution in [1.29, 1.82) is 0 Å². The predicted octanol–water partition coefficient (Wildman–Crippen LogP) is 3.59. The highest BCUT2D eigenvalue weighted by molar-refractivity contribution is 9.10. The van der Waals surface area contributed by atoms with Crippen LogP contribution in [0, 0.1) is 0 Å². The van der Waals surface area contributed by atoms with E-state index in [4.69, 9.17) is 4.42 Å². The second-order valence-electron chi connectivity index (χ2n) is 3.92. The smallest absolute Gasteiger partial charge is 0.169 e. The van der Waals surface area contributed by atoms with E-state index < -0.39 is 0 Å². The van der Waals surface area contributed by atoms with E-state index in [2.05, 4.69) is 39.9 Å². The predicted molar refractivity (Wildman–Crippen MR) is 68.3 cm³/mol. The Hall–Kier alpha value is 0.0700. The first-order chi connectivity index (χ1) is 7.25. The van der Waals surface area contributed by atoms with Crippen LogP contribution >= 0.6 is 27.7 Å². The van der Waals surface area contributed by atoms with Crippen molar-refractivity contribution in [2.24, 2.45) is 0 Å². The summed E-state index contributed by atoms with van der Waals surface area (Å²) < 4.78 is 6.35. The summed E-state index contributed by atoms with van der Waals surface area (Å²) in [7, 11) is 0. The van der Waals surface area contributed by atoms with Crippen LogP contribution in [0.4, 0.5) is 0 Å². The molecule has 0 radical (unpaired) electrons. The summed E-state index contributed by atoms with van der Waals surface area (Å²) in [4.78, 5) is 0. The molecule has 1 aliphatic rings. The largest absolute Gasteiger partial charge is 0.453 e. The molecule has 1 N–H and O–H groups in total. The molecule has 1 aliphatic heterocycles. The average molecular weight is 290 g/mol. The summed E-state index contributed by atoms with van der Waals surface area (Å²) in [6.45, 7) is 2.16. The van der Waals surface area contributed by atoms with Gasteiger partial charge in [-0.2, -0.15) is 11.8 Å². The molecule has 1 aromatic rings. The SMILES string of the molecule is CC(NC1CCSCC1)c1ccc(Br)o1. The van der Waals surface area contributed by atoms with Gasteiger partial charge in [0.25, 0.3) is 0 Å². The highest BCUT2D eigenvalue weighted by Gasteiger charge is 2.18. The van der Waals surface area contributed by atoms with E-state index in [1.807, 2.05) is 12.1 Å². The Bertz CT molecular complexity index is 309. The molecule has 15 heavy (non-hydrogen) atoms. The fourth-order valence-electron chi connectivity index (χ4n) is 1.86. The van der Waals surface area contributed by atoms with Gasteiger partial charge >= 0.3 is 0 Å². The third kappa shape index (κ3) is 3.26. The Kier molecular flexibility index (Phi) is 4.17. The summed E-state index contributed by atoms with van der Waals surface area (Å²) in [6, 6.07) is 4.94. The molecule has 2 heterocycles. The van der Waals surface area contributed by atoms with Crippen LogP contribution in [0.5, 0.6) is 0 Å². The number of rotatable bonds is 3. The van der Waals surface area contributed by atoms with Crippen molar-refractivity contribution in [2.45, 2.75) is 31.8 Å². The lowest BCUT2D eigenvalue weighted by atomic mass is 10.1. The molecule has 84 valence electrons. The molecule has 0 amide bonds. The summed E-state index contributed by atoms with van der Waals surface area (Å²) in [5.41, 5.74) is 0. The molecule has 1 saturated heterocycles. The van der Waals surface area contributed by atoms with E-state index >= 15 is 0 Å². The fourth-order valence-corrected chi connectivity index (χ4v) is 3.29. The van der Waals surface area contributed by atoms with Crippen molar-refractivity contribution in [3.63, 3.8) is 0 Å². The first-order valence-corrected chi connectivity index (χ1v) is 7.29. The van der Waals surface area contributed by atoms with Gasteiger partial charge in [-0.3, -0.25) is 0 Å². The third-order valence-electron chi connectivity index (χ3n) is 2.73. The number of furan rings is 1. The van der Waals surface area contributed by atoms with Crippen LogP contribution in [0.3, 0.4) is 0 Å². The van der Waals surface area contributed by atoms with Gasteiger partial charge in [0, 0.05) is 6.04 Å². The van der Waals surface area contributed by atoms with Crippen molar-refractivity contribution in [1.82, 2.24) is 5.32 Å². The number of thioether (sulfide) groups is 1. The molecular weight excluding hydrogens is 274 g/mol. The maximum atomic E-state index is 5.54. The Morgan fingerprint density at radius 3 is 2.80 bits per heavy atom. The van der Waals surface area contributed by atoms with Crippen molar-refractivity contribution in [3.05, 3.63) is 22.6 Å². The monoisotopic (exact) mass is 289 g/mol. The Labute approximate surface area is 103 Å². The molecule has 4 heteroatoms.